The van der Waals surface area contributed by atoms with Crippen molar-refractivity contribution in [2.45, 2.75) is 97.3 Å². The molecule has 0 saturated carbocycles. The number of benzene rings is 1. The largest absolute Gasteiger partial charge is 0.474 e. The van der Waals surface area contributed by atoms with Crippen LogP contribution in [0.3, 0.4) is 0 Å². The van der Waals surface area contributed by atoms with Crippen molar-refractivity contribution in [2.75, 3.05) is 26.4 Å². The number of morpholine rings is 2. The van der Waals surface area contributed by atoms with Crippen molar-refractivity contribution in [1.82, 2.24) is 20.2 Å². The van der Waals surface area contributed by atoms with Crippen LogP contribution in [0.5, 0.6) is 11.8 Å². The van der Waals surface area contributed by atoms with Gasteiger partial charge in [-0.1, -0.05) is 57.3 Å². The number of nitrogens with one attached hydrogen (secondary N) is 1. The zero-order valence-electron chi connectivity index (χ0n) is 24.2. The molecule has 0 amide bonds. The predicted molar refractivity (Wildman–Crippen MR) is 171 cm³/mol. The zero-order chi connectivity index (χ0) is 28.0. The van der Waals surface area contributed by atoms with Crippen LogP contribution in [0.15, 0.2) is 67.0 Å². The maximum absolute atomic E-state index is 6.15. The first-order chi connectivity index (χ1) is 20.1. The minimum absolute atomic E-state index is 0. The molecule has 1 N–H and O–H groups in total. The Balaban J connectivity index is 0.000000198. The van der Waals surface area contributed by atoms with Gasteiger partial charge in [0.05, 0.1) is 26.4 Å². The fourth-order valence-corrected chi connectivity index (χ4v) is 6.36. The first-order valence-electron chi connectivity index (χ1n) is 15.0. The third-order valence-electron chi connectivity index (χ3n) is 8.38. The van der Waals surface area contributed by atoms with E-state index in [1.165, 1.54) is 5.56 Å². The summed E-state index contributed by atoms with van der Waals surface area (Å²) in [5.41, 5.74) is 3.69. The second-order valence-electron chi connectivity index (χ2n) is 11.9. The number of hydrogen-bond donors (Lipinski definition) is 1. The molecule has 0 spiro atoms. The number of nitrogens with zero attached hydrogens (tertiary/aromatic N) is 3. The molecule has 4 aliphatic rings. The van der Waals surface area contributed by atoms with Crippen molar-refractivity contribution in [2.24, 2.45) is 0 Å². The van der Waals surface area contributed by atoms with Gasteiger partial charge in [-0.3, -0.25) is 4.90 Å². The van der Waals surface area contributed by atoms with E-state index in [4.69, 9.17) is 18.9 Å². The molecule has 43 heavy (non-hydrogen) atoms. The van der Waals surface area contributed by atoms with Crippen LogP contribution < -0.4 is 14.8 Å². The molecular formula is C35H50N4O4. The molecule has 1 aromatic carbocycles. The molecule has 6 atom stereocenters. The van der Waals surface area contributed by atoms with Crippen molar-refractivity contribution < 1.29 is 18.9 Å². The van der Waals surface area contributed by atoms with Crippen LogP contribution in [0.25, 0.3) is 0 Å². The Labute approximate surface area is 258 Å². The molecule has 7 rings (SSSR count). The van der Waals surface area contributed by atoms with Crippen molar-refractivity contribution >= 4 is 0 Å². The maximum atomic E-state index is 6.15. The van der Waals surface area contributed by atoms with Gasteiger partial charge in [0.15, 0.2) is 0 Å². The lowest BCUT2D eigenvalue weighted by atomic mass is 9.91. The molecule has 0 radical (unpaired) electrons. The van der Waals surface area contributed by atoms with Crippen molar-refractivity contribution in [3.05, 3.63) is 83.7 Å². The van der Waals surface area contributed by atoms with Crippen molar-refractivity contribution in [3.63, 3.8) is 0 Å². The maximum Gasteiger partial charge on any atom is 0.213 e. The standard InChI is InChI=1S/C20H24N2O2.C13H18N2O2.2CH4/c1-15-7-8-20(21-11-15)24-19-9-17-13-23-14-18(10-19)22(17)12-16-5-3-2-4-6-16;1-9-2-3-13(14-6-9)17-12-4-10-7-16-8-11(5-12)15-10;;/h2-8,11,17-19H,9-10,12-14H2,1H3;2-3,6,10-12,15H,4-5,7-8H2,1H3;2*1H4/t17-,18+,19?;10-,11+,12?;;. The van der Waals surface area contributed by atoms with Gasteiger partial charge in [0.25, 0.3) is 0 Å². The van der Waals surface area contributed by atoms with Gasteiger partial charge < -0.3 is 24.3 Å². The fraction of sp³-hybridized carbons (Fsp3) is 0.543. The van der Waals surface area contributed by atoms with E-state index in [9.17, 15) is 0 Å². The molecule has 6 heterocycles. The number of piperidine rings is 2. The number of rotatable bonds is 6. The fourth-order valence-electron chi connectivity index (χ4n) is 6.36. The van der Waals surface area contributed by atoms with Crippen LogP contribution in [0.4, 0.5) is 0 Å². The van der Waals surface area contributed by atoms with Crippen molar-refractivity contribution in [3.8, 4) is 11.8 Å². The van der Waals surface area contributed by atoms with Gasteiger partial charge in [-0.15, -0.1) is 0 Å². The molecule has 0 aliphatic carbocycles. The van der Waals surface area contributed by atoms with Crippen molar-refractivity contribution in [1.29, 1.82) is 0 Å². The minimum atomic E-state index is 0. The van der Waals surface area contributed by atoms with Gasteiger partial charge in [-0.05, 0) is 30.5 Å². The molecule has 234 valence electrons. The summed E-state index contributed by atoms with van der Waals surface area (Å²) in [6, 6.07) is 20.4. The molecule has 2 aromatic heterocycles. The highest BCUT2D eigenvalue weighted by molar-refractivity contribution is 5.18. The molecule has 8 heteroatoms. The molecular weight excluding hydrogens is 540 g/mol. The van der Waals surface area contributed by atoms with Gasteiger partial charge >= 0.3 is 0 Å². The SMILES string of the molecule is C.C.Cc1ccc(OC2C[C@H]3COC[C@@H](C2)N3)nc1.Cc1ccc(OC2C[C@H]3COC[C@@H](C2)N3Cc2ccccc2)nc1. The highest BCUT2D eigenvalue weighted by Crippen LogP contribution is 2.31. The molecule has 3 aromatic rings. The average molecular weight is 591 g/mol. The quantitative estimate of drug-likeness (QED) is 0.388. The van der Waals surface area contributed by atoms with E-state index in [0.717, 1.165) is 81.5 Å². The van der Waals surface area contributed by atoms with Gasteiger partial charge in [-0.2, -0.15) is 0 Å². The number of hydrogen-bond acceptors (Lipinski definition) is 8. The molecule has 4 bridgehead atoms. The summed E-state index contributed by atoms with van der Waals surface area (Å²) in [5, 5.41) is 3.55. The Bertz CT molecular complexity index is 1200. The highest BCUT2D eigenvalue weighted by atomic mass is 16.5. The number of aryl methyl sites for hydroxylation is 2. The van der Waals surface area contributed by atoms with Crippen LogP contribution >= 0.6 is 0 Å². The monoisotopic (exact) mass is 590 g/mol. The molecule has 4 fully saturated rings. The lowest BCUT2D eigenvalue weighted by Crippen LogP contribution is -2.58. The molecule has 8 nitrogen and oxygen atoms in total. The zero-order valence-corrected chi connectivity index (χ0v) is 24.2. The van der Waals surface area contributed by atoms with E-state index < -0.39 is 0 Å². The van der Waals surface area contributed by atoms with Crippen LogP contribution in [-0.4, -0.2) is 77.7 Å². The Morgan fingerprint density at radius 1 is 0.698 bits per heavy atom. The minimum Gasteiger partial charge on any atom is -0.474 e. The third kappa shape index (κ3) is 8.99. The van der Waals surface area contributed by atoms with Crippen LogP contribution in [0.2, 0.25) is 0 Å². The smallest absolute Gasteiger partial charge is 0.213 e. The predicted octanol–water partition coefficient (Wildman–Crippen LogP) is 5.76. The van der Waals surface area contributed by atoms with E-state index in [0.29, 0.717) is 24.2 Å². The Morgan fingerprint density at radius 3 is 1.72 bits per heavy atom. The normalized spacial score (nSPS) is 27.8. The van der Waals surface area contributed by atoms with Gasteiger partial charge in [0, 0.05) is 80.9 Å². The summed E-state index contributed by atoms with van der Waals surface area (Å²) >= 11 is 0. The molecule has 4 aliphatic heterocycles. The van der Waals surface area contributed by atoms with E-state index in [-0.39, 0.29) is 27.1 Å². The van der Waals surface area contributed by atoms with Crippen LogP contribution in [-0.2, 0) is 16.0 Å². The summed E-state index contributed by atoms with van der Waals surface area (Å²) < 4.78 is 23.4. The Kier molecular flexibility index (Phi) is 11.9. The second kappa shape index (κ2) is 15.6. The summed E-state index contributed by atoms with van der Waals surface area (Å²) in [6.45, 7) is 8.27. The Hall–Kier alpha value is -3.04. The first-order valence-corrected chi connectivity index (χ1v) is 15.0. The highest BCUT2D eigenvalue weighted by Gasteiger charge is 2.40. The number of aromatic nitrogens is 2. The average Bonchev–Trinajstić information content (AvgIpc) is 2.97. The summed E-state index contributed by atoms with van der Waals surface area (Å²) in [5.74, 6) is 1.47. The van der Waals surface area contributed by atoms with E-state index >= 15 is 0 Å². The lowest BCUT2D eigenvalue weighted by molar-refractivity contribution is -0.104. The van der Waals surface area contributed by atoms with E-state index in [2.05, 4.69) is 56.6 Å². The molecule has 2 unspecified atom stereocenters. The van der Waals surface area contributed by atoms with E-state index in [1.54, 1.807) is 0 Å². The molecule has 4 saturated heterocycles. The number of fused-ring (bicyclic) bond motifs is 4. The Morgan fingerprint density at radius 2 is 1.21 bits per heavy atom. The summed E-state index contributed by atoms with van der Waals surface area (Å²) in [7, 11) is 0. The summed E-state index contributed by atoms with van der Waals surface area (Å²) in [4.78, 5) is 11.3. The van der Waals surface area contributed by atoms with Gasteiger partial charge in [0.1, 0.15) is 12.2 Å². The second-order valence-corrected chi connectivity index (χ2v) is 11.9. The number of ether oxygens (including phenoxy) is 4. The van der Waals surface area contributed by atoms with Gasteiger partial charge in [-0.25, -0.2) is 9.97 Å². The van der Waals surface area contributed by atoms with Gasteiger partial charge in [0.2, 0.25) is 11.8 Å². The lowest BCUT2D eigenvalue weighted by Gasteiger charge is -2.48. The third-order valence-corrected chi connectivity index (χ3v) is 8.38. The summed E-state index contributed by atoms with van der Waals surface area (Å²) in [6.07, 6.45) is 8.22. The first kappa shape index (κ1) is 32.9. The van der Waals surface area contributed by atoms with Crippen LogP contribution in [0, 0.1) is 13.8 Å². The number of pyridine rings is 2. The van der Waals surface area contributed by atoms with Crippen LogP contribution in [0.1, 0.15) is 57.2 Å². The topological polar surface area (TPSA) is 78.0 Å². The van der Waals surface area contributed by atoms with E-state index in [1.807, 2.05) is 44.4 Å².